The van der Waals surface area contributed by atoms with Gasteiger partial charge in [0.15, 0.2) is 0 Å². The average Bonchev–Trinajstić information content (AvgIpc) is 2.88. The molecule has 0 bridgehead atoms. The Bertz CT molecular complexity index is 1110. The van der Waals surface area contributed by atoms with E-state index in [4.69, 9.17) is 20.9 Å². The van der Waals surface area contributed by atoms with Crippen molar-refractivity contribution in [2.75, 3.05) is 14.2 Å². The maximum absolute atomic E-state index is 6.40. The van der Waals surface area contributed by atoms with Gasteiger partial charge in [0.25, 0.3) is 0 Å². The van der Waals surface area contributed by atoms with Crippen molar-refractivity contribution in [3.8, 4) is 33.8 Å². The van der Waals surface area contributed by atoms with E-state index in [1.807, 2.05) is 97.1 Å². The number of benzene rings is 4. The Morgan fingerprint density at radius 3 is 0.938 bits per heavy atom. The number of rotatable bonds is 6. The Balaban J connectivity index is 1.54. The van der Waals surface area contributed by atoms with Crippen molar-refractivity contribution < 1.29 is 9.47 Å². The van der Waals surface area contributed by atoms with Gasteiger partial charge in [0.05, 0.1) is 25.6 Å². The molecule has 0 amide bonds. The molecule has 0 heterocycles. The first-order valence-corrected chi connectivity index (χ1v) is 10.3. The second-order valence-corrected chi connectivity index (χ2v) is 7.44. The molecule has 4 aromatic rings. The SMILES string of the molecule is COc1ccc(-c2ccc(/C(N)=C(/N)c3ccc(-c4ccc(OC)cc4)cc3)cc2)cc1. The summed E-state index contributed by atoms with van der Waals surface area (Å²) in [5, 5.41) is 0. The van der Waals surface area contributed by atoms with Crippen molar-refractivity contribution in [3.63, 3.8) is 0 Å². The van der Waals surface area contributed by atoms with Crippen LogP contribution in [0.2, 0.25) is 0 Å². The molecular formula is C28H26N2O2. The number of ether oxygens (including phenoxy) is 2. The van der Waals surface area contributed by atoms with E-state index >= 15 is 0 Å². The molecule has 0 aliphatic rings. The number of hydrogen-bond acceptors (Lipinski definition) is 4. The molecule has 4 N–H and O–H groups in total. The van der Waals surface area contributed by atoms with Crippen molar-refractivity contribution in [2.24, 2.45) is 11.5 Å². The van der Waals surface area contributed by atoms with E-state index in [0.29, 0.717) is 11.4 Å². The summed E-state index contributed by atoms with van der Waals surface area (Å²) in [5.41, 5.74) is 20.1. The average molecular weight is 423 g/mol. The minimum atomic E-state index is 0.559. The van der Waals surface area contributed by atoms with Crippen LogP contribution in [-0.4, -0.2) is 14.2 Å². The lowest BCUT2D eigenvalue weighted by Gasteiger charge is -2.11. The summed E-state index contributed by atoms with van der Waals surface area (Å²) in [7, 11) is 3.33. The second kappa shape index (κ2) is 9.31. The lowest BCUT2D eigenvalue weighted by atomic mass is 9.99. The van der Waals surface area contributed by atoms with Crippen LogP contribution in [0.1, 0.15) is 11.1 Å². The zero-order valence-corrected chi connectivity index (χ0v) is 18.2. The first kappa shape index (κ1) is 21.1. The van der Waals surface area contributed by atoms with Gasteiger partial charge in [-0.3, -0.25) is 0 Å². The van der Waals surface area contributed by atoms with Crippen LogP contribution in [0, 0.1) is 0 Å². The molecule has 0 saturated carbocycles. The summed E-state index contributed by atoms with van der Waals surface area (Å²) >= 11 is 0. The molecule has 0 aromatic heterocycles. The van der Waals surface area contributed by atoms with Crippen molar-refractivity contribution in [2.45, 2.75) is 0 Å². The second-order valence-electron chi connectivity index (χ2n) is 7.44. The summed E-state index contributed by atoms with van der Waals surface area (Å²) in [6.07, 6.45) is 0. The van der Waals surface area contributed by atoms with Gasteiger partial charge in [-0.25, -0.2) is 0 Å². The Kier molecular flexibility index (Phi) is 6.13. The molecular weight excluding hydrogens is 396 g/mol. The highest BCUT2D eigenvalue weighted by Gasteiger charge is 2.07. The van der Waals surface area contributed by atoms with Crippen LogP contribution in [0.4, 0.5) is 0 Å². The summed E-state index contributed by atoms with van der Waals surface area (Å²) in [5.74, 6) is 1.67. The largest absolute Gasteiger partial charge is 0.497 e. The fraction of sp³-hybridized carbons (Fsp3) is 0.0714. The monoisotopic (exact) mass is 422 g/mol. The van der Waals surface area contributed by atoms with Gasteiger partial charge in [-0.05, 0) is 57.6 Å². The van der Waals surface area contributed by atoms with Crippen LogP contribution in [0.15, 0.2) is 97.1 Å². The quantitative estimate of drug-likeness (QED) is 0.386. The minimum Gasteiger partial charge on any atom is -0.497 e. The van der Waals surface area contributed by atoms with Crippen molar-refractivity contribution in [1.82, 2.24) is 0 Å². The van der Waals surface area contributed by atoms with E-state index in [9.17, 15) is 0 Å². The first-order chi connectivity index (χ1) is 15.6. The molecule has 4 aromatic carbocycles. The highest BCUT2D eigenvalue weighted by molar-refractivity contribution is 5.88. The highest BCUT2D eigenvalue weighted by Crippen LogP contribution is 2.27. The van der Waals surface area contributed by atoms with Gasteiger partial charge >= 0.3 is 0 Å². The Labute approximate surface area is 188 Å². The van der Waals surface area contributed by atoms with Crippen LogP contribution in [0.3, 0.4) is 0 Å². The van der Waals surface area contributed by atoms with Crippen LogP contribution in [0.25, 0.3) is 33.6 Å². The number of hydrogen-bond donors (Lipinski definition) is 2. The molecule has 0 saturated heterocycles. The van der Waals surface area contributed by atoms with Crippen LogP contribution in [-0.2, 0) is 0 Å². The van der Waals surface area contributed by atoms with Crippen molar-refractivity contribution >= 4 is 11.4 Å². The minimum absolute atomic E-state index is 0.559. The molecule has 0 unspecified atom stereocenters. The Hall–Kier alpha value is -4.18. The first-order valence-electron chi connectivity index (χ1n) is 10.3. The summed E-state index contributed by atoms with van der Waals surface area (Å²) in [6.45, 7) is 0. The third kappa shape index (κ3) is 4.44. The van der Waals surface area contributed by atoms with Gasteiger partial charge in [0.1, 0.15) is 11.5 Å². The Morgan fingerprint density at radius 2 is 0.688 bits per heavy atom. The molecule has 160 valence electrons. The molecule has 0 fully saturated rings. The van der Waals surface area contributed by atoms with E-state index in [-0.39, 0.29) is 0 Å². The van der Waals surface area contributed by atoms with Gasteiger partial charge in [0.2, 0.25) is 0 Å². The maximum Gasteiger partial charge on any atom is 0.118 e. The summed E-state index contributed by atoms with van der Waals surface area (Å²) in [6, 6.07) is 32.1. The predicted octanol–water partition coefficient (Wildman–Crippen LogP) is 5.78. The predicted molar refractivity (Wildman–Crippen MR) is 132 cm³/mol. The zero-order chi connectivity index (χ0) is 22.5. The van der Waals surface area contributed by atoms with Crippen LogP contribution < -0.4 is 20.9 Å². The Morgan fingerprint density at radius 1 is 0.438 bits per heavy atom. The smallest absolute Gasteiger partial charge is 0.118 e. The zero-order valence-electron chi connectivity index (χ0n) is 18.2. The lowest BCUT2D eigenvalue weighted by molar-refractivity contribution is 0.415. The topological polar surface area (TPSA) is 70.5 Å². The van der Waals surface area contributed by atoms with E-state index in [0.717, 1.165) is 44.9 Å². The molecule has 4 nitrogen and oxygen atoms in total. The van der Waals surface area contributed by atoms with Gasteiger partial charge in [-0.2, -0.15) is 0 Å². The highest BCUT2D eigenvalue weighted by atomic mass is 16.5. The van der Waals surface area contributed by atoms with Gasteiger partial charge in [0, 0.05) is 0 Å². The molecule has 0 atom stereocenters. The van der Waals surface area contributed by atoms with Crippen LogP contribution in [0.5, 0.6) is 11.5 Å². The van der Waals surface area contributed by atoms with Crippen molar-refractivity contribution in [3.05, 3.63) is 108 Å². The maximum atomic E-state index is 6.40. The molecule has 4 rings (SSSR count). The van der Waals surface area contributed by atoms with Gasteiger partial charge < -0.3 is 20.9 Å². The molecule has 0 radical (unpaired) electrons. The molecule has 0 aliphatic carbocycles. The van der Waals surface area contributed by atoms with E-state index < -0.39 is 0 Å². The molecule has 32 heavy (non-hydrogen) atoms. The van der Waals surface area contributed by atoms with E-state index in [2.05, 4.69) is 0 Å². The number of nitrogens with two attached hydrogens (primary N) is 2. The third-order valence-corrected chi connectivity index (χ3v) is 5.53. The third-order valence-electron chi connectivity index (χ3n) is 5.53. The molecule has 4 heteroatoms. The standard InChI is InChI=1S/C28H26N2O2/c1-31-25-15-11-21(12-16-25)19-3-7-23(8-4-19)27(29)28(30)24-9-5-20(6-10-24)22-13-17-26(32-2)18-14-22/h3-18H,29-30H2,1-2H3/b28-27-. The van der Waals surface area contributed by atoms with Crippen LogP contribution >= 0.6 is 0 Å². The van der Waals surface area contributed by atoms with E-state index in [1.54, 1.807) is 14.2 Å². The normalized spacial score (nSPS) is 11.6. The fourth-order valence-corrected chi connectivity index (χ4v) is 3.56. The molecule has 0 spiro atoms. The molecule has 0 aliphatic heterocycles. The number of methoxy groups -OCH3 is 2. The summed E-state index contributed by atoms with van der Waals surface area (Å²) < 4.78 is 10.4. The fourth-order valence-electron chi connectivity index (χ4n) is 3.56. The van der Waals surface area contributed by atoms with Gasteiger partial charge in [-0.15, -0.1) is 0 Å². The van der Waals surface area contributed by atoms with Gasteiger partial charge in [-0.1, -0.05) is 72.8 Å². The van der Waals surface area contributed by atoms with Crippen molar-refractivity contribution in [1.29, 1.82) is 0 Å². The summed E-state index contributed by atoms with van der Waals surface area (Å²) in [4.78, 5) is 0. The lowest BCUT2D eigenvalue weighted by Crippen LogP contribution is -2.07. The van der Waals surface area contributed by atoms with E-state index in [1.165, 1.54) is 0 Å².